The van der Waals surface area contributed by atoms with Crippen LogP contribution in [0.1, 0.15) is 27.7 Å². The van der Waals surface area contributed by atoms with E-state index in [1.807, 2.05) is 82.3 Å². The van der Waals surface area contributed by atoms with E-state index in [1.165, 1.54) is 0 Å². The second-order valence-corrected chi connectivity index (χ2v) is 7.62. The van der Waals surface area contributed by atoms with Crippen molar-refractivity contribution in [1.82, 2.24) is 15.3 Å². The molecule has 5 nitrogen and oxygen atoms in total. The quantitative estimate of drug-likeness (QED) is 0.287. The Labute approximate surface area is 186 Å². The fraction of sp³-hybridized carbons (Fsp3) is 0.261. The van der Waals surface area contributed by atoms with Crippen molar-refractivity contribution in [3.8, 4) is 22.5 Å². The molecule has 1 N–H and O–H groups in total. The minimum absolute atomic E-state index is 0. The second kappa shape index (κ2) is 9.32. The van der Waals surface area contributed by atoms with Crippen LogP contribution in [0, 0.1) is 11.3 Å². The third kappa shape index (κ3) is 5.10. The van der Waals surface area contributed by atoms with Crippen LogP contribution in [0.25, 0.3) is 22.5 Å². The van der Waals surface area contributed by atoms with E-state index in [2.05, 4.69) is 27.7 Å². The Hall–Kier alpha value is -2.52. The molecule has 0 unspecified atom stereocenters. The molecular formula is C23H24N4OPt. The molecule has 29 heavy (non-hydrogen) atoms. The van der Waals surface area contributed by atoms with Crippen LogP contribution >= 0.6 is 0 Å². The summed E-state index contributed by atoms with van der Waals surface area (Å²) in [7, 11) is 0. The van der Waals surface area contributed by atoms with Gasteiger partial charge in [-0.25, -0.2) is 0 Å². The Morgan fingerprint density at radius 1 is 0.828 bits per heavy atom. The summed E-state index contributed by atoms with van der Waals surface area (Å²) >= 11 is 0. The Morgan fingerprint density at radius 3 is 1.66 bits per heavy atom. The van der Waals surface area contributed by atoms with Crippen molar-refractivity contribution in [2.75, 3.05) is 0 Å². The molecule has 1 aromatic carbocycles. The molecule has 1 aliphatic heterocycles. The van der Waals surface area contributed by atoms with Crippen molar-refractivity contribution in [1.29, 1.82) is 0 Å². The summed E-state index contributed by atoms with van der Waals surface area (Å²) < 4.78 is 0.840. The fourth-order valence-electron chi connectivity index (χ4n) is 2.55. The van der Waals surface area contributed by atoms with E-state index in [0.29, 0.717) is 0 Å². The number of rotatable bonds is 2. The number of hydroxylamine groups is 1. The maximum absolute atomic E-state index is 11.1. The third-order valence-corrected chi connectivity index (χ3v) is 5.18. The van der Waals surface area contributed by atoms with Crippen LogP contribution in [-0.4, -0.2) is 32.1 Å². The number of hydrogen-bond donors (Lipinski definition) is 1. The zero-order chi connectivity index (χ0) is 20.2. The number of nitrogens with zero attached hydrogens (tertiary/aromatic N) is 3. The average Bonchev–Trinajstić information content (AvgIpc) is 2.91. The van der Waals surface area contributed by atoms with Gasteiger partial charge in [0.05, 0.1) is 0 Å². The van der Waals surface area contributed by atoms with Crippen molar-refractivity contribution < 1.29 is 25.8 Å². The molecule has 0 saturated carbocycles. The van der Waals surface area contributed by atoms with Gasteiger partial charge in [0.1, 0.15) is 11.1 Å². The van der Waals surface area contributed by atoms with Gasteiger partial charge < -0.3 is 15.3 Å². The van der Waals surface area contributed by atoms with Gasteiger partial charge in [-0.15, -0.1) is 30.6 Å². The van der Waals surface area contributed by atoms with Crippen molar-refractivity contribution >= 4 is 6.34 Å². The van der Waals surface area contributed by atoms with Gasteiger partial charge in [0, 0.05) is 23.8 Å². The van der Waals surface area contributed by atoms with E-state index in [0.717, 1.165) is 27.3 Å². The van der Waals surface area contributed by atoms with Gasteiger partial charge in [-0.3, -0.25) is 9.97 Å². The van der Waals surface area contributed by atoms with Gasteiger partial charge in [-0.2, -0.15) is 0 Å². The van der Waals surface area contributed by atoms with E-state index in [-0.39, 0.29) is 26.6 Å². The number of nitrogens with one attached hydrogen (secondary N) is 1. The second-order valence-electron chi connectivity index (χ2n) is 7.62. The summed E-state index contributed by atoms with van der Waals surface area (Å²) in [4.78, 5) is 8.66. The van der Waals surface area contributed by atoms with Crippen LogP contribution < -0.4 is 5.32 Å². The molecule has 3 heterocycles. The minimum atomic E-state index is -0.396. The Balaban J connectivity index is 0.000000234. The van der Waals surface area contributed by atoms with Crippen LogP contribution in [0.3, 0.4) is 0 Å². The van der Waals surface area contributed by atoms with E-state index < -0.39 is 5.54 Å². The first-order valence-electron chi connectivity index (χ1n) is 9.16. The molecule has 0 bridgehead atoms. The molecule has 3 aromatic rings. The largest absolute Gasteiger partial charge is 2.00 e. The molecule has 0 atom stereocenters. The van der Waals surface area contributed by atoms with Gasteiger partial charge in [0.15, 0.2) is 0 Å². The van der Waals surface area contributed by atoms with E-state index in [4.69, 9.17) is 0 Å². The van der Waals surface area contributed by atoms with Gasteiger partial charge in [0.25, 0.3) is 0 Å². The molecule has 2 aromatic heterocycles. The standard InChI is InChI=1S/C16H11N2.C7H13N2O.Pt/c1-3-10-17-15(8-1)13-6-5-7-14(12-13)16-9-2-4-11-18-16;1-6(2)7(3,4)9(10)5-8-6;/h1-11H;8H,1-4H3;/q2*-1;+2. The number of benzene rings is 1. The summed E-state index contributed by atoms with van der Waals surface area (Å²) in [6.45, 7) is 7.76. The summed E-state index contributed by atoms with van der Waals surface area (Å²) in [5, 5.41) is 14.0. The molecule has 1 aliphatic rings. The predicted octanol–water partition coefficient (Wildman–Crippen LogP) is 4.17. The van der Waals surface area contributed by atoms with Crippen LogP contribution in [0.2, 0.25) is 0 Å². The van der Waals surface area contributed by atoms with Crippen molar-refractivity contribution in [3.05, 3.63) is 78.3 Å². The van der Waals surface area contributed by atoms with Gasteiger partial charge in [-0.05, 0) is 39.8 Å². The molecule has 0 fully saturated rings. The first-order chi connectivity index (χ1) is 13.3. The Morgan fingerprint density at radius 2 is 1.34 bits per heavy atom. The van der Waals surface area contributed by atoms with E-state index in [9.17, 15) is 5.21 Å². The number of pyridine rings is 2. The van der Waals surface area contributed by atoms with Crippen molar-refractivity contribution in [2.45, 2.75) is 38.8 Å². The SMILES string of the molecule is CC1(C)N[C-]=[N+]([O-])C1(C)C.[Pt+2].[c-]1c(-c2ccccn2)cccc1-c1ccccn1. The monoisotopic (exact) mass is 567 g/mol. The predicted molar refractivity (Wildman–Crippen MR) is 112 cm³/mol. The molecular weight excluding hydrogens is 543 g/mol. The molecule has 4 rings (SSSR count). The van der Waals surface area contributed by atoms with Crippen LogP contribution in [-0.2, 0) is 21.1 Å². The van der Waals surface area contributed by atoms with Gasteiger partial charge in [-0.1, -0.05) is 35.4 Å². The maximum Gasteiger partial charge on any atom is 2.00 e. The van der Waals surface area contributed by atoms with Gasteiger partial charge >= 0.3 is 21.1 Å². The van der Waals surface area contributed by atoms with E-state index >= 15 is 0 Å². The molecule has 0 spiro atoms. The topological polar surface area (TPSA) is 63.9 Å². The van der Waals surface area contributed by atoms with Crippen molar-refractivity contribution in [3.63, 3.8) is 0 Å². The molecule has 152 valence electrons. The molecule has 0 aliphatic carbocycles. The van der Waals surface area contributed by atoms with Gasteiger partial charge in [0.2, 0.25) is 0 Å². The summed E-state index contributed by atoms with van der Waals surface area (Å²) in [5.41, 5.74) is 3.24. The third-order valence-electron chi connectivity index (χ3n) is 5.18. The summed E-state index contributed by atoms with van der Waals surface area (Å²) in [6, 6.07) is 21.1. The van der Waals surface area contributed by atoms with Crippen molar-refractivity contribution in [2.24, 2.45) is 0 Å². The summed E-state index contributed by atoms with van der Waals surface area (Å²) in [5.74, 6) is 0. The normalized spacial score (nSPS) is 15.8. The minimum Gasteiger partial charge on any atom is -0.745 e. The Kier molecular flexibility index (Phi) is 7.31. The number of hydrogen-bond acceptors (Lipinski definition) is 4. The van der Waals surface area contributed by atoms with Crippen LogP contribution in [0.15, 0.2) is 67.0 Å². The Bertz CT molecular complexity index is 902. The van der Waals surface area contributed by atoms with E-state index in [1.54, 1.807) is 12.4 Å². The number of aromatic nitrogens is 2. The maximum atomic E-state index is 11.1. The van der Waals surface area contributed by atoms with Crippen LogP contribution in [0.4, 0.5) is 0 Å². The molecule has 0 amide bonds. The zero-order valence-corrected chi connectivity index (χ0v) is 19.2. The first-order valence-corrected chi connectivity index (χ1v) is 9.16. The van der Waals surface area contributed by atoms with Crippen LogP contribution in [0.5, 0.6) is 0 Å². The zero-order valence-electron chi connectivity index (χ0n) is 16.9. The molecule has 0 radical (unpaired) electrons. The average molecular weight is 568 g/mol. The first kappa shape index (κ1) is 22.8. The smallest absolute Gasteiger partial charge is 0.745 e. The summed E-state index contributed by atoms with van der Waals surface area (Å²) in [6.07, 6.45) is 6.10. The molecule has 0 saturated heterocycles. The molecule has 6 heteroatoms. The fourth-order valence-corrected chi connectivity index (χ4v) is 2.55.